The van der Waals surface area contributed by atoms with Crippen molar-refractivity contribution in [2.75, 3.05) is 19.8 Å². The molecule has 0 aliphatic carbocycles. The van der Waals surface area contributed by atoms with Crippen LogP contribution in [-0.4, -0.2) is 51.0 Å². The van der Waals surface area contributed by atoms with Gasteiger partial charge in [-0.05, 0) is 18.9 Å². The monoisotopic (exact) mass is 377 g/mol. The lowest BCUT2D eigenvalue weighted by atomic mass is 9.95. The summed E-state index contributed by atoms with van der Waals surface area (Å²) < 4.78 is 5.35. The number of H-pyrrole nitrogens is 1. The minimum Gasteiger partial charge on any atom is -0.507 e. The van der Waals surface area contributed by atoms with Crippen LogP contribution in [0.3, 0.4) is 0 Å². The van der Waals surface area contributed by atoms with Crippen LogP contribution in [0.5, 0.6) is 11.5 Å². The topological polar surface area (TPSA) is 98.7 Å². The molecule has 138 valence electrons. The number of hydrogen-bond acceptors (Lipinski definition) is 5. The smallest absolute Gasteiger partial charge is 0.226 e. The Morgan fingerprint density at radius 1 is 1.27 bits per heavy atom. The lowest BCUT2D eigenvalue weighted by Gasteiger charge is -2.32. The summed E-state index contributed by atoms with van der Waals surface area (Å²) in [7, 11) is 0. The molecule has 1 amide bonds. The van der Waals surface area contributed by atoms with Gasteiger partial charge in [0.2, 0.25) is 5.91 Å². The number of aromatic hydroxyl groups is 2. The second kappa shape index (κ2) is 6.81. The molecule has 1 aromatic carbocycles. The summed E-state index contributed by atoms with van der Waals surface area (Å²) in [5.41, 5.74) is 2.84. The number of rotatable bonds is 2. The standard InChI is InChI=1S/C18H20ClN3O4/c19-13-7-11(15(23)8-16(13)24)17-12-9-22(4-1-14(12)20-21-17)18(25)10-2-5-26-6-3-10/h7-8,10,23-24H,1-6,9H2,(H,20,21). The predicted octanol–water partition coefficient (Wildman–Crippen LogP) is 2.45. The highest BCUT2D eigenvalue weighted by molar-refractivity contribution is 6.32. The van der Waals surface area contributed by atoms with Gasteiger partial charge in [0.15, 0.2) is 0 Å². The number of amides is 1. The van der Waals surface area contributed by atoms with E-state index in [0.717, 1.165) is 24.1 Å². The maximum Gasteiger partial charge on any atom is 0.226 e. The highest BCUT2D eigenvalue weighted by atomic mass is 35.5. The third-order valence-electron chi connectivity index (χ3n) is 5.14. The van der Waals surface area contributed by atoms with Gasteiger partial charge in [-0.2, -0.15) is 5.10 Å². The summed E-state index contributed by atoms with van der Waals surface area (Å²) in [6, 6.07) is 2.69. The van der Waals surface area contributed by atoms with Crippen LogP contribution in [0, 0.1) is 5.92 Å². The third kappa shape index (κ3) is 3.01. The summed E-state index contributed by atoms with van der Waals surface area (Å²) in [5, 5.41) is 27.3. The molecule has 0 unspecified atom stereocenters. The first-order valence-corrected chi connectivity index (χ1v) is 9.07. The Kier molecular flexibility index (Phi) is 4.50. The fraction of sp³-hybridized carbons (Fsp3) is 0.444. The first-order chi connectivity index (χ1) is 12.5. The van der Waals surface area contributed by atoms with Crippen LogP contribution in [0.4, 0.5) is 0 Å². The van der Waals surface area contributed by atoms with E-state index >= 15 is 0 Å². The summed E-state index contributed by atoms with van der Waals surface area (Å²) in [4.78, 5) is 14.7. The highest BCUT2D eigenvalue weighted by Crippen LogP contribution is 2.39. The third-order valence-corrected chi connectivity index (χ3v) is 5.44. The van der Waals surface area contributed by atoms with Crippen LogP contribution >= 0.6 is 11.6 Å². The van der Waals surface area contributed by atoms with Gasteiger partial charge in [0.25, 0.3) is 0 Å². The summed E-state index contributed by atoms with van der Waals surface area (Å²) in [6.45, 7) is 2.35. The van der Waals surface area contributed by atoms with Gasteiger partial charge in [-0.3, -0.25) is 9.89 Å². The molecule has 0 spiro atoms. The van der Waals surface area contributed by atoms with E-state index in [1.165, 1.54) is 12.1 Å². The van der Waals surface area contributed by atoms with Crippen molar-refractivity contribution < 1.29 is 19.7 Å². The highest BCUT2D eigenvalue weighted by Gasteiger charge is 2.31. The number of carbonyl (C=O) groups excluding carboxylic acids is 1. The van der Waals surface area contributed by atoms with Gasteiger partial charge >= 0.3 is 0 Å². The molecule has 3 heterocycles. The Morgan fingerprint density at radius 2 is 2.04 bits per heavy atom. The minimum atomic E-state index is -0.186. The molecule has 1 fully saturated rings. The fourth-order valence-electron chi connectivity index (χ4n) is 3.65. The van der Waals surface area contributed by atoms with E-state index in [-0.39, 0.29) is 28.3 Å². The summed E-state index contributed by atoms with van der Waals surface area (Å²) >= 11 is 5.99. The Hall–Kier alpha value is -2.25. The lowest BCUT2D eigenvalue weighted by molar-refractivity contribution is -0.139. The predicted molar refractivity (Wildman–Crippen MR) is 95.0 cm³/mol. The number of phenols is 2. The number of nitrogens with zero attached hydrogens (tertiary/aromatic N) is 2. The van der Waals surface area contributed by atoms with E-state index in [1.807, 2.05) is 4.90 Å². The average molecular weight is 378 g/mol. The molecular weight excluding hydrogens is 358 g/mol. The number of nitrogens with one attached hydrogen (secondary N) is 1. The second-order valence-corrected chi connectivity index (χ2v) is 7.15. The quantitative estimate of drug-likeness (QED) is 0.746. The Bertz CT molecular complexity index is 845. The van der Waals surface area contributed by atoms with E-state index in [2.05, 4.69) is 10.2 Å². The van der Waals surface area contributed by atoms with Crippen molar-refractivity contribution in [3.8, 4) is 22.8 Å². The lowest BCUT2D eigenvalue weighted by Crippen LogP contribution is -2.41. The van der Waals surface area contributed by atoms with E-state index in [9.17, 15) is 15.0 Å². The Morgan fingerprint density at radius 3 is 2.81 bits per heavy atom. The number of halogens is 1. The number of benzene rings is 1. The maximum absolute atomic E-state index is 12.8. The fourth-order valence-corrected chi connectivity index (χ4v) is 3.81. The van der Waals surface area contributed by atoms with E-state index in [0.29, 0.717) is 44.0 Å². The molecule has 0 radical (unpaired) electrons. The van der Waals surface area contributed by atoms with Gasteiger partial charge < -0.3 is 19.8 Å². The van der Waals surface area contributed by atoms with Gasteiger partial charge in [0.1, 0.15) is 17.2 Å². The molecule has 7 nitrogen and oxygen atoms in total. The number of carbonyl (C=O) groups is 1. The molecule has 26 heavy (non-hydrogen) atoms. The zero-order valence-electron chi connectivity index (χ0n) is 14.2. The minimum absolute atomic E-state index is 0.0113. The molecule has 2 aliphatic heterocycles. The molecule has 3 N–H and O–H groups in total. The van der Waals surface area contributed by atoms with Gasteiger partial charge in [0, 0.05) is 61.5 Å². The molecule has 4 rings (SSSR count). The van der Waals surface area contributed by atoms with Gasteiger partial charge in [-0.25, -0.2) is 0 Å². The molecule has 0 atom stereocenters. The number of hydrogen-bond donors (Lipinski definition) is 3. The molecule has 0 saturated carbocycles. The molecule has 1 saturated heterocycles. The molecule has 0 bridgehead atoms. The van der Waals surface area contributed by atoms with Crippen LogP contribution in [0.1, 0.15) is 24.1 Å². The number of aromatic nitrogens is 2. The van der Waals surface area contributed by atoms with Gasteiger partial charge in [-0.15, -0.1) is 0 Å². The SMILES string of the molecule is O=C(C1CCOCC1)N1CCc2[nH]nc(-c3cc(Cl)c(O)cc3O)c2C1. The van der Waals surface area contributed by atoms with Crippen LogP contribution in [-0.2, 0) is 22.5 Å². The van der Waals surface area contributed by atoms with Crippen molar-refractivity contribution in [1.29, 1.82) is 0 Å². The first-order valence-electron chi connectivity index (χ1n) is 8.69. The van der Waals surface area contributed by atoms with Crippen LogP contribution in [0.15, 0.2) is 12.1 Å². The number of phenolic OH excluding ortho intramolecular Hbond substituents is 2. The Balaban J connectivity index is 1.62. The van der Waals surface area contributed by atoms with E-state index < -0.39 is 0 Å². The number of fused-ring (bicyclic) bond motifs is 1. The van der Waals surface area contributed by atoms with E-state index in [4.69, 9.17) is 16.3 Å². The molecular formula is C18H20ClN3O4. The number of ether oxygens (including phenoxy) is 1. The largest absolute Gasteiger partial charge is 0.507 e. The molecule has 1 aromatic heterocycles. The molecule has 8 heteroatoms. The first kappa shape index (κ1) is 17.2. The van der Waals surface area contributed by atoms with Crippen molar-refractivity contribution >= 4 is 17.5 Å². The van der Waals surface area contributed by atoms with Crippen molar-refractivity contribution in [1.82, 2.24) is 15.1 Å². The number of aromatic amines is 1. The zero-order valence-corrected chi connectivity index (χ0v) is 14.9. The van der Waals surface area contributed by atoms with E-state index in [1.54, 1.807) is 0 Å². The summed E-state index contributed by atoms with van der Waals surface area (Å²) in [5.74, 6) is -0.126. The van der Waals surface area contributed by atoms with Crippen molar-refractivity contribution in [3.05, 3.63) is 28.4 Å². The van der Waals surface area contributed by atoms with Crippen molar-refractivity contribution in [2.24, 2.45) is 5.92 Å². The molecule has 2 aliphatic rings. The zero-order chi connectivity index (χ0) is 18.3. The summed E-state index contributed by atoms with van der Waals surface area (Å²) in [6.07, 6.45) is 2.20. The van der Waals surface area contributed by atoms with Crippen molar-refractivity contribution in [3.63, 3.8) is 0 Å². The van der Waals surface area contributed by atoms with Crippen LogP contribution in [0.2, 0.25) is 5.02 Å². The van der Waals surface area contributed by atoms with Crippen molar-refractivity contribution in [2.45, 2.75) is 25.8 Å². The van der Waals surface area contributed by atoms with Gasteiger partial charge in [-0.1, -0.05) is 11.6 Å². The molecule has 2 aromatic rings. The second-order valence-electron chi connectivity index (χ2n) is 6.75. The average Bonchev–Trinajstić information content (AvgIpc) is 3.08. The Labute approximate surface area is 155 Å². The van der Waals surface area contributed by atoms with Crippen LogP contribution < -0.4 is 0 Å². The maximum atomic E-state index is 12.8. The van der Waals surface area contributed by atoms with Gasteiger partial charge in [0.05, 0.1) is 5.02 Å². The van der Waals surface area contributed by atoms with Crippen LogP contribution in [0.25, 0.3) is 11.3 Å². The normalized spacial score (nSPS) is 18.0.